The summed E-state index contributed by atoms with van der Waals surface area (Å²) < 4.78 is 5.11. The third kappa shape index (κ3) is 6.68. The molecule has 3 N–H and O–H groups in total. The van der Waals surface area contributed by atoms with E-state index in [4.69, 9.17) is 4.74 Å². The van der Waals surface area contributed by atoms with Crippen molar-refractivity contribution in [2.45, 2.75) is 52.3 Å². The number of nitrogens with one attached hydrogen (secondary N) is 3. The number of amides is 5. The number of imide groups is 1. The first-order chi connectivity index (χ1) is 17.0. The summed E-state index contributed by atoms with van der Waals surface area (Å²) in [5, 5.41) is 7.99. The SMILES string of the molecule is CC(C(=O)NCc1ccc(NC(=O)CCNC(=O)OC(C)(C)C)cc1)N1C(=O)c2ccccc2C1=O. The van der Waals surface area contributed by atoms with E-state index in [0.717, 1.165) is 10.5 Å². The Labute approximate surface area is 209 Å². The average Bonchev–Trinajstić information content (AvgIpc) is 3.07. The highest BCUT2D eigenvalue weighted by atomic mass is 16.6. The Bertz CT molecular complexity index is 1130. The molecule has 0 saturated carbocycles. The number of alkyl carbamates (subject to hydrolysis) is 1. The van der Waals surface area contributed by atoms with Crippen LogP contribution in [-0.2, 0) is 20.9 Å². The van der Waals surface area contributed by atoms with Crippen LogP contribution in [0.1, 0.15) is 60.4 Å². The topological polar surface area (TPSA) is 134 Å². The van der Waals surface area contributed by atoms with Crippen LogP contribution in [0.15, 0.2) is 48.5 Å². The minimum atomic E-state index is -0.967. The normalized spacial score (nSPS) is 13.6. The van der Waals surface area contributed by atoms with E-state index in [1.165, 1.54) is 6.92 Å². The van der Waals surface area contributed by atoms with Crippen LogP contribution < -0.4 is 16.0 Å². The van der Waals surface area contributed by atoms with Gasteiger partial charge in [-0.2, -0.15) is 0 Å². The number of carbonyl (C=O) groups excluding carboxylic acids is 5. The fourth-order valence-electron chi connectivity index (χ4n) is 3.54. The molecule has 2 aromatic carbocycles. The van der Waals surface area contributed by atoms with E-state index >= 15 is 0 Å². The maximum atomic E-state index is 12.6. The average molecular weight is 495 g/mol. The molecule has 0 spiro atoms. The predicted octanol–water partition coefficient (Wildman–Crippen LogP) is 2.84. The van der Waals surface area contributed by atoms with E-state index in [-0.39, 0.29) is 25.4 Å². The van der Waals surface area contributed by atoms with Crippen molar-refractivity contribution in [3.63, 3.8) is 0 Å². The van der Waals surface area contributed by atoms with Gasteiger partial charge in [-0.1, -0.05) is 24.3 Å². The molecule has 2 aromatic rings. The van der Waals surface area contributed by atoms with Gasteiger partial charge in [0.1, 0.15) is 11.6 Å². The molecule has 0 fully saturated rings. The quantitative estimate of drug-likeness (QED) is 0.483. The Kier molecular flexibility index (Phi) is 8.08. The van der Waals surface area contributed by atoms with E-state index in [2.05, 4.69) is 16.0 Å². The summed E-state index contributed by atoms with van der Waals surface area (Å²) in [5.41, 5.74) is 1.30. The zero-order valence-corrected chi connectivity index (χ0v) is 20.7. The third-order valence-corrected chi connectivity index (χ3v) is 5.32. The predicted molar refractivity (Wildman–Crippen MR) is 132 cm³/mol. The van der Waals surface area contributed by atoms with Gasteiger partial charge in [0.25, 0.3) is 11.8 Å². The van der Waals surface area contributed by atoms with Gasteiger partial charge in [0.2, 0.25) is 11.8 Å². The number of benzene rings is 2. The summed E-state index contributed by atoms with van der Waals surface area (Å²) in [4.78, 5) is 62.4. The number of fused-ring (bicyclic) bond motifs is 1. The van der Waals surface area contributed by atoms with E-state index < -0.39 is 35.5 Å². The summed E-state index contributed by atoms with van der Waals surface area (Å²) in [5.74, 6) is -1.71. The molecule has 1 unspecified atom stereocenters. The lowest BCUT2D eigenvalue weighted by atomic mass is 10.1. The third-order valence-electron chi connectivity index (χ3n) is 5.32. The first kappa shape index (κ1) is 26.4. The van der Waals surface area contributed by atoms with Crippen molar-refractivity contribution < 1.29 is 28.7 Å². The Balaban J connectivity index is 1.44. The van der Waals surface area contributed by atoms with Gasteiger partial charge in [-0.25, -0.2) is 4.79 Å². The monoisotopic (exact) mass is 494 g/mol. The molecule has 1 atom stereocenters. The summed E-state index contributed by atoms with van der Waals surface area (Å²) in [6.07, 6.45) is -0.508. The zero-order chi connectivity index (χ0) is 26.5. The molecule has 5 amide bonds. The van der Waals surface area contributed by atoms with Crippen LogP contribution in [-0.4, -0.2) is 52.8 Å². The summed E-state index contributed by atoms with van der Waals surface area (Å²) in [7, 11) is 0. The molecule has 3 rings (SSSR count). The van der Waals surface area contributed by atoms with E-state index in [9.17, 15) is 24.0 Å². The van der Waals surface area contributed by atoms with Crippen LogP contribution in [0.4, 0.5) is 10.5 Å². The smallest absolute Gasteiger partial charge is 0.407 e. The number of ether oxygens (including phenoxy) is 1. The molecule has 0 bridgehead atoms. The number of nitrogens with zero attached hydrogens (tertiary/aromatic N) is 1. The highest BCUT2D eigenvalue weighted by molar-refractivity contribution is 6.22. The second-order valence-electron chi connectivity index (χ2n) is 9.34. The first-order valence-electron chi connectivity index (χ1n) is 11.6. The lowest BCUT2D eigenvalue weighted by molar-refractivity contribution is -0.124. The van der Waals surface area contributed by atoms with Crippen molar-refractivity contribution in [3.8, 4) is 0 Å². The van der Waals surface area contributed by atoms with Crippen molar-refractivity contribution in [2.75, 3.05) is 11.9 Å². The van der Waals surface area contributed by atoms with E-state index in [1.807, 2.05) is 0 Å². The molecule has 0 saturated heterocycles. The standard InChI is InChI=1S/C26H30N4O6/c1-16(30-23(33)19-7-5-6-8-20(19)24(30)34)22(32)28-15-17-9-11-18(12-10-17)29-21(31)13-14-27-25(35)36-26(2,3)4/h5-12,16H,13-15H2,1-4H3,(H,27,35)(H,28,32)(H,29,31). The van der Waals surface area contributed by atoms with Gasteiger partial charge in [-0.05, 0) is 57.5 Å². The maximum absolute atomic E-state index is 12.6. The number of rotatable bonds is 8. The lowest BCUT2D eigenvalue weighted by Crippen LogP contribution is -2.47. The highest BCUT2D eigenvalue weighted by Gasteiger charge is 2.40. The van der Waals surface area contributed by atoms with Gasteiger partial charge in [0.05, 0.1) is 11.1 Å². The minimum Gasteiger partial charge on any atom is -0.444 e. The lowest BCUT2D eigenvalue weighted by Gasteiger charge is -2.21. The molecular formula is C26H30N4O6. The molecule has 36 heavy (non-hydrogen) atoms. The van der Waals surface area contributed by atoms with Crippen LogP contribution in [0.3, 0.4) is 0 Å². The van der Waals surface area contributed by atoms with Gasteiger partial charge in [-0.3, -0.25) is 24.1 Å². The van der Waals surface area contributed by atoms with Crippen molar-refractivity contribution in [1.82, 2.24) is 15.5 Å². The molecule has 0 aromatic heterocycles. The minimum absolute atomic E-state index is 0.0761. The largest absolute Gasteiger partial charge is 0.444 e. The fourth-order valence-corrected chi connectivity index (χ4v) is 3.54. The maximum Gasteiger partial charge on any atom is 0.407 e. The van der Waals surface area contributed by atoms with E-state index in [0.29, 0.717) is 16.8 Å². The summed E-state index contributed by atoms with van der Waals surface area (Å²) in [6, 6.07) is 12.4. The van der Waals surface area contributed by atoms with Gasteiger partial charge in [0.15, 0.2) is 0 Å². The molecule has 1 aliphatic rings. The fraction of sp³-hybridized carbons (Fsp3) is 0.346. The van der Waals surface area contributed by atoms with Gasteiger partial charge in [0, 0.05) is 25.2 Å². The Hall–Kier alpha value is -4.21. The molecule has 10 nitrogen and oxygen atoms in total. The Morgan fingerprint density at radius 2 is 1.50 bits per heavy atom. The molecule has 1 heterocycles. The molecule has 10 heteroatoms. The van der Waals surface area contributed by atoms with Crippen LogP contribution in [0.5, 0.6) is 0 Å². The van der Waals surface area contributed by atoms with Crippen LogP contribution in [0.2, 0.25) is 0 Å². The zero-order valence-electron chi connectivity index (χ0n) is 20.7. The van der Waals surface area contributed by atoms with Crippen molar-refractivity contribution in [1.29, 1.82) is 0 Å². The Morgan fingerprint density at radius 1 is 0.917 bits per heavy atom. The van der Waals surface area contributed by atoms with Gasteiger partial charge >= 0.3 is 6.09 Å². The number of anilines is 1. The molecule has 1 aliphatic heterocycles. The van der Waals surface area contributed by atoms with Crippen molar-refractivity contribution in [2.24, 2.45) is 0 Å². The van der Waals surface area contributed by atoms with Crippen LogP contribution in [0, 0.1) is 0 Å². The molecular weight excluding hydrogens is 464 g/mol. The van der Waals surface area contributed by atoms with Crippen molar-refractivity contribution in [3.05, 3.63) is 65.2 Å². The Morgan fingerprint density at radius 3 is 2.06 bits per heavy atom. The van der Waals surface area contributed by atoms with E-state index in [1.54, 1.807) is 69.3 Å². The first-order valence-corrected chi connectivity index (χ1v) is 11.6. The number of hydrogen-bond acceptors (Lipinski definition) is 6. The summed E-state index contributed by atoms with van der Waals surface area (Å²) in [6.45, 7) is 7.08. The molecule has 0 aliphatic carbocycles. The van der Waals surface area contributed by atoms with Crippen LogP contribution in [0.25, 0.3) is 0 Å². The highest BCUT2D eigenvalue weighted by Crippen LogP contribution is 2.24. The number of carbonyl (C=O) groups is 5. The second-order valence-corrected chi connectivity index (χ2v) is 9.34. The van der Waals surface area contributed by atoms with Gasteiger partial charge in [-0.15, -0.1) is 0 Å². The number of hydrogen-bond donors (Lipinski definition) is 3. The summed E-state index contributed by atoms with van der Waals surface area (Å²) >= 11 is 0. The van der Waals surface area contributed by atoms with Gasteiger partial charge < -0.3 is 20.7 Å². The van der Waals surface area contributed by atoms with Crippen molar-refractivity contribution >= 4 is 35.4 Å². The molecule has 0 radical (unpaired) electrons. The second kappa shape index (κ2) is 11.0. The van der Waals surface area contributed by atoms with Crippen LogP contribution >= 0.6 is 0 Å². The molecule has 190 valence electrons.